The molecule has 1 heterocycles. The van der Waals surface area contributed by atoms with Gasteiger partial charge in [0.15, 0.2) is 0 Å². The fourth-order valence-corrected chi connectivity index (χ4v) is 1.38. The molecule has 1 aliphatic heterocycles. The van der Waals surface area contributed by atoms with E-state index in [-0.39, 0.29) is 18.9 Å². The first kappa shape index (κ1) is 9.48. The Hall–Kier alpha value is -0.610. The SMILES string of the molecule is CCCN1C[C@H](O)[C@H](O)CC1=O. The average Bonchev–Trinajstić information content (AvgIpc) is 2.01. The minimum atomic E-state index is -0.870. The van der Waals surface area contributed by atoms with Crippen molar-refractivity contribution in [3.05, 3.63) is 0 Å². The number of rotatable bonds is 2. The van der Waals surface area contributed by atoms with Gasteiger partial charge in [-0.25, -0.2) is 0 Å². The third kappa shape index (κ3) is 1.95. The highest BCUT2D eigenvalue weighted by atomic mass is 16.3. The van der Waals surface area contributed by atoms with E-state index in [1.807, 2.05) is 6.92 Å². The van der Waals surface area contributed by atoms with E-state index in [0.29, 0.717) is 6.54 Å². The molecule has 12 heavy (non-hydrogen) atoms. The molecule has 1 saturated heterocycles. The molecular weight excluding hydrogens is 158 g/mol. The Morgan fingerprint density at radius 2 is 2.17 bits per heavy atom. The zero-order chi connectivity index (χ0) is 9.14. The molecule has 0 aromatic heterocycles. The third-order valence-corrected chi connectivity index (χ3v) is 2.08. The lowest BCUT2D eigenvalue weighted by Crippen LogP contribution is -2.49. The summed E-state index contributed by atoms with van der Waals surface area (Å²) in [6.07, 6.45) is -0.699. The summed E-state index contributed by atoms with van der Waals surface area (Å²) >= 11 is 0. The van der Waals surface area contributed by atoms with Gasteiger partial charge in [0.25, 0.3) is 0 Å². The van der Waals surface area contributed by atoms with E-state index >= 15 is 0 Å². The van der Waals surface area contributed by atoms with Gasteiger partial charge in [0.05, 0.1) is 18.6 Å². The van der Waals surface area contributed by atoms with Crippen molar-refractivity contribution in [2.24, 2.45) is 0 Å². The summed E-state index contributed by atoms with van der Waals surface area (Å²) in [5, 5.41) is 18.4. The maximum Gasteiger partial charge on any atom is 0.225 e. The molecule has 0 spiro atoms. The Kier molecular flexibility index (Phi) is 3.05. The van der Waals surface area contributed by atoms with Crippen LogP contribution >= 0.6 is 0 Å². The van der Waals surface area contributed by atoms with Crippen molar-refractivity contribution in [2.75, 3.05) is 13.1 Å². The molecule has 1 aliphatic rings. The molecule has 1 amide bonds. The summed E-state index contributed by atoms with van der Waals surface area (Å²) < 4.78 is 0. The van der Waals surface area contributed by atoms with Crippen LogP contribution in [-0.4, -0.2) is 46.3 Å². The van der Waals surface area contributed by atoms with Gasteiger partial charge in [-0.05, 0) is 6.42 Å². The number of piperidine rings is 1. The second kappa shape index (κ2) is 3.87. The lowest BCUT2D eigenvalue weighted by molar-refractivity contribution is -0.144. The number of β-amino-alcohol motifs (C(OH)–C–C–N with tert-alkyl or cyclic N) is 1. The van der Waals surface area contributed by atoms with Gasteiger partial charge in [0.2, 0.25) is 5.91 Å². The van der Waals surface area contributed by atoms with Crippen LogP contribution in [0.25, 0.3) is 0 Å². The molecule has 2 N–H and O–H groups in total. The van der Waals surface area contributed by atoms with Crippen LogP contribution in [0.2, 0.25) is 0 Å². The fraction of sp³-hybridized carbons (Fsp3) is 0.875. The molecule has 70 valence electrons. The first-order valence-electron chi connectivity index (χ1n) is 4.29. The number of hydrogen-bond acceptors (Lipinski definition) is 3. The van der Waals surface area contributed by atoms with E-state index < -0.39 is 12.2 Å². The quantitative estimate of drug-likeness (QED) is 0.583. The lowest BCUT2D eigenvalue weighted by atomic mass is 10.0. The van der Waals surface area contributed by atoms with Gasteiger partial charge in [-0.15, -0.1) is 0 Å². The third-order valence-electron chi connectivity index (χ3n) is 2.08. The van der Waals surface area contributed by atoms with Gasteiger partial charge in [-0.3, -0.25) is 4.79 Å². The van der Waals surface area contributed by atoms with Crippen molar-refractivity contribution in [3.8, 4) is 0 Å². The Labute approximate surface area is 71.8 Å². The number of carbonyl (C=O) groups is 1. The Morgan fingerprint density at radius 1 is 1.50 bits per heavy atom. The van der Waals surface area contributed by atoms with Crippen molar-refractivity contribution in [1.82, 2.24) is 4.90 Å². The van der Waals surface area contributed by atoms with E-state index in [2.05, 4.69) is 0 Å². The Bertz CT molecular complexity index is 172. The fourth-order valence-electron chi connectivity index (χ4n) is 1.38. The van der Waals surface area contributed by atoms with E-state index in [9.17, 15) is 9.90 Å². The van der Waals surface area contributed by atoms with Gasteiger partial charge in [-0.1, -0.05) is 6.92 Å². The maximum atomic E-state index is 11.2. The molecule has 0 bridgehead atoms. The molecule has 2 atom stereocenters. The van der Waals surface area contributed by atoms with Crippen LogP contribution in [0.5, 0.6) is 0 Å². The Balaban J connectivity index is 2.49. The van der Waals surface area contributed by atoms with E-state index in [1.165, 1.54) is 0 Å². The van der Waals surface area contributed by atoms with Crippen molar-refractivity contribution >= 4 is 5.91 Å². The maximum absolute atomic E-state index is 11.2. The zero-order valence-electron chi connectivity index (χ0n) is 7.23. The van der Waals surface area contributed by atoms with Crippen LogP contribution in [-0.2, 0) is 4.79 Å². The van der Waals surface area contributed by atoms with Gasteiger partial charge in [0.1, 0.15) is 0 Å². The molecule has 0 saturated carbocycles. The van der Waals surface area contributed by atoms with Crippen molar-refractivity contribution in [3.63, 3.8) is 0 Å². The number of likely N-dealkylation sites (tertiary alicyclic amines) is 1. The first-order chi connectivity index (χ1) is 5.65. The summed E-state index contributed by atoms with van der Waals surface area (Å²) in [5.41, 5.74) is 0. The molecule has 4 nitrogen and oxygen atoms in total. The smallest absolute Gasteiger partial charge is 0.225 e. The number of hydrogen-bond donors (Lipinski definition) is 2. The van der Waals surface area contributed by atoms with Crippen LogP contribution in [0.1, 0.15) is 19.8 Å². The minimum Gasteiger partial charge on any atom is -0.390 e. The van der Waals surface area contributed by atoms with Gasteiger partial charge in [0, 0.05) is 13.1 Å². The van der Waals surface area contributed by atoms with Crippen LogP contribution in [0.3, 0.4) is 0 Å². The molecule has 0 aromatic carbocycles. The predicted molar refractivity (Wildman–Crippen MR) is 43.5 cm³/mol. The molecule has 0 aliphatic carbocycles. The van der Waals surface area contributed by atoms with Crippen LogP contribution in [0.15, 0.2) is 0 Å². The highest BCUT2D eigenvalue weighted by Crippen LogP contribution is 2.12. The van der Waals surface area contributed by atoms with Crippen LogP contribution < -0.4 is 0 Å². The summed E-state index contributed by atoms with van der Waals surface area (Å²) in [4.78, 5) is 12.8. The minimum absolute atomic E-state index is 0.0567. The molecule has 1 fully saturated rings. The number of aliphatic hydroxyl groups is 2. The highest BCUT2D eigenvalue weighted by Gasteiger charge is 2.30. The van der Waals surface area contributed by atoms with Crippen molar-refractivity contribution < 1.29 is 15.0 Å². The lowest BCUT2D eigenvalue weighted by Gasteiger charge is -2.32. The Morgan fingerprint density at radius 3 is 2.75 bits per heavy atom. The highest BCUT2D eigenvalue weighted by molar-refractivity contribution is 5.77. The normalized spacial score (nSPS) is 30.9. The van der Waals surface area contributed by atoms with E-state index in [4.69, 9.17) is 5.11 Å². The largest absolute Gasteiger partial charge is 0.390 e. The molecule has 1 rings (SSSR count). The van der Waals surface area contributed by atoms with Crippen molar-refractivity contribution in [2.45, 2.75) is 32.0 Å². The zero-order valence-corrected chi connectivity index (χ0v) is 7.23. The number of amides is 1. The summed E-state index contributed by atoms with van der Waals surface area (Å²) in [5.74, 6) is -0.0605. The molecular formula is C8H15NO3. The van der Waals surface area contributed by atoms with Crippen molar-refractivity contribution in [1.29, 1.82) is 0 Å². The average molecular weight is 173 g/mol. The molecule has 0 unspecified atom stereocenters. The molecule has 4 heteroatoms. The predicted octanol–water partition coefficient (Wildman–Crippen LogP) is -0.650. The van der Waals surface area contributed by atoms with E-state index in [1.54, 1.807) is 4.90 Å². The molecule has 0 aromatic rings. The topological polar surface area (TPSA) is 60.8 Å². The summed E-state index contributed by atoms with van der Waals surface area (Å²) in [6, 6.07) is 0. The second-order valence-electron chi connectivity index (χ2n) is 3.18. The summed E-state index contributed by atoms with van der Waals surface area (Å²) in [6.45, 7) is 2.92. The standard InChI is InChI=1S/C8H15NO3/c1-2-3-9-5-7(11)6(10)4-8(9)12/h6-7,10-11H,2-5H2,1H3/t6-,7+/m1/s1. The summed E-state index contributed by atoms with van der Waals surface area (Å²) in [7, 11) is 0. The number of carbonyl (C=O) groups excluding carboxylic acids is 1. The number of nitrogens with zero attached hydrogens (tertiary/aromatic N) is 1. The first-order valence-corrected chi connectivity index (χ1v) is 4.29. The van der Waals surface area contributed by atoms with Gasteiger partial charge in [-0.2, -0.15) is 0 Å². The van der Waals surface area contributed by atoms with Gasteiger partial charge < -0.3 is 15.1 Å². The number of aliphatic hydroxyl groups excluding tert-OH is 2. The second-order valence-corrected chi connectivity index (χ2v) is 3.18. The monoisotopic (exact) mass is 173 g/mol. The van der Waals surface area contributed by atoms with Crippen LogP contribution in [0, 0.1) is 0 Å². The molecule has 0 radical (unpaired) electrons. The van der Waals surface area contributed by atoms with E-state index in [0.717, 1.165) is 6.42 Å². The van der Waals surface area contributed by atoms with Gasteiger partial charge >= 0.3 is 0 Å². The van der Waals surface area contributed by atoms with Crippen LogP contribution in [0.4, 0.5) is 0 Å².